The highest BCUT2D eigenvalue weighted by atomic mass is 32.2. The number of rotatable bonds is 17. The van der Waals surface area contributed by atoms with E-state index < -0.39 is 28.5 Å². The minimum atomic E-state index is -1.30. The van der Waals surface area contributed by atoms with Crippen molar-refractivity contribution < 1.29 is 24.9 Å². The first-order chi connectivity index (χ1) is 14.3. The van der Waals surface area contributed by atoms with Crippen molar-refractivity contribution in [1.29, 1.82) is 0 Å². The molecular formula is C23H36O5S2. The largest absolute Gasteiger partial charge is 0.480 e. The molecule has 3 unspecified atom stereocenters. The van der Waals surface area contributed by atoms with Gasteiger partial charge in [0, 0.05) is 5.75 Å². The van der Waals surface area contributed by atoms with Crippen LogP contribution in [0.4, 0.5) is 0 Å². The number of hydrogen-bond donors (Lipinski definition) is 4. The Kier molecular flexibility index (Phi) is 14.0. The lowest BCUT2D eigenvalue weighted by molar-refractivity contribution is -0.142. The molecule has 3 atom stereocenters. The summed E-state index contributed by atoms with van der Waals surface area (Å²) >= 11 is 4.77. The SMILES string of the molecule is CCCCCCCCCc1ccc(CCC(O)CSC(C(=O)O)C(S)C(=O)O)cc1. The van der Waals surface area contributed by atoms with Crippen LogP contribution in [0.3, 0.4) is 0 Å². The van der Waals surface area contributed by atoms with E-state index in [9.17, 15) is 14.7 Å². The van der Waals surface area contributed by atoms with Gasteiger partial charge in [-0.2, -0.15) is 12.6 Å². The number of aliphatic carboxylic acids is 2. The smallest absolute Gasteiger partial charge is 0.318 e. The van der Waals surface area contributed by atoms with Crippen LogP contribution in [0.5, 0.6) is 0 Å². The molecule has 7 heteroatoms. The van der Waals surface area contributed by atoms with E-state index in [0.29, 0.717) is 12.8 Å². The zero-order chi connectivity index (χ0) is 22.4. The predicted octanol–water partition coefficient (Wildman–Crippen LogP) is 4.84. The van der Waals surface area contributed by atoms with Gasteiger partial charge in [-0.3, -0.25) is 9.59 Å². The van der Waals surface area contributed by atoms with E-state index in [0.717, 1.165) is 23.7 Å². The summed E-state index contributed by atoms with van der Waals surface area (Å²) in [5.41, 5.74) is 2.47. The highest BCUT2D eigenvalue weighted by Crippen LogP contribution is 2.22. The highest BCUT2D eigenvalue weighted by molar-refractivity contribution is 8.01. The molecule has 30 heavy (non-hydrogen) atoms. The fourth-order valence-corrected chi connectivity index (χ4v) is 4.64. The van der Waals surface area contributed by atoms with Gasteiger partial charge in [0.2, 0.25) is 0 Å². The molecule has 1 aromatic carbocycles. The number of thioether (sulfide) groups is 1. The first kappa shape index (κ1) is 26.9. The minimum Gasteiger partial charge on any atom is -0.480 e. The Labute approximate surface area is 190 Å². The normalized spacial score (nSPS) is 14.2. The van der Waals surface area contributed by atoms with Gasteiger partial charge in [0.1, 0.15) is 10.5 Å². The maximum Gasteiger partial charge on any atom is 0.318 e. The Morgan fingerprint density at radius 3 is 1.97 bits per heavy atom. The zero-order valence-corrected chi connectivity index (χ0v) is 19.5. The molecule has 0 aliphatic carbocycles. The molecule has 0 fully saturated rings. The summed E-state index contributed by atoms with van der Waals surface area (Å²) in [6, 6.07) is 8.47. The maximum absolute atomic E-state index is 11.2. The molecule has 0 amide bonds. The van der Waals surface area contributed by atoms with Crippen LogP contribution in [-0.2, 0) is 22.4 Å². The average molecular weight is 457 g/mol. The molecule has 0 radical (unpaired) electrons. The summed E-state index contributed by atoms with van der Waals surface area (Å²) < 4.78 is 0. The number of carboxylic acids is 2. The summed E-state index contributed by atoms with van der Waals surface area (Å²) in [5, 5.41) is 25.7. The van der Waals surface area contributed by atoms with Crippen molar-refractivity contribution in [2.45, 2.75) is 87.7 Å². The number of carboxylic acid groups (broad SMARTS) is 2. The van der Waals surface area contributed by atoms with Gasteiger partial charge < -0.3 is 15.3 Å². The van der Waals surface area contributed by atoms with Gasteiger partial charge in [-0.1, -0.05) is 69.7 Å². The highest BCUT2D eigenvalue weighted by Gasteiger charge is 2.31. The van der Waals surface area contributed by atoms with Crippen molar-refractivity contribution in [3.63, 3.8) is 0 Å². The number of aliphatic hydroxyl groups excluding tert-OH is 1. The molecule has 0 heterocycles. The van der Waals surface area contributed by atoms with Crippen LogP contribution < -0.4 is 0 Å². The van der Waals surface area contributed by atoms with Crippen molar-refractivity contribution in [1.82, 2.24) is 0 Å². The molecule has 0 aliphatic heterocycles. The number of benzene rings is 1. The second-order valence-electron chi connectivity index (χ2n) is 7.76. The second-order valence-corrected chi connectivity index (χ2v) is 9.49. The monoisotopic (exact) mass is 456 g/mol. The van der Waals surface area contributed by atoms with Gasteiger partial charge in [0.25, 0.3) is 0 Å². The Bertz CT molecular complexity index is 621. The molecule has 0 aromatic heterocycles. The molecule has 5 nitrogen and oxygen atoms in total. The zero-order valence-electron chi connectivity index (χ0n) is 17.8. The van der Waals surface area contributed by atoms with Gasteiger partial charge in [0.15, 0.2) is 0 Å². The number of thiol groups is 1. The van der Waals surface area contributed by atoms with E-state index in [1.165, 1.54) is 50.5 Å². The van der Waals surface area contributed by atoms with Crippen LogP contribution in [0.25, 0.3) is 0 Å². The first-order valence-corrected chi connectivity index (χ1v) is 12.4. The maximum atomic E-state index is 11.2. The standard InChI is InChI=1S/C23H36O5S2/c1-2-3-4-5-6-7-8-9-17-10-12-18(13-11-17)14-15-19(24)16-30-21(23(27)28)20(29)22(25)26/h10-13,19-21,24,29H,2-9,14-16H2,1H3,(H,25,26)(H,27,28). The first-order valence-electron chi connectivity index (χ1n) is 10.9. The van der Waals surface area contributed by atoms with Gasteiger partial charge in [-0.05, 0) is 36.8 Å². The Hall–Kier alpha value is -1.18. The number of hydrogen-bond acceptors (Lipinski definition) is 5. The van der Waals surface area contributed by atoms with Crippen molar-refractivity contribution >= 4 is 36.3 Å². The Morgan fingerprint density at radius 2 is 1.43 bits per heavy atom. The van der Waals surface area contributed by atoms with Crippen molar-refractivity contribution in [3.05, 3.63) is 35.4 Å². The Balaban J connectivity index is 2.29. The topological polar surface area (TPSA) is 94.8 Å². The summed E-state index contributed by atoms with van der Waals surface area (Å²) in [6.45, 7) is 2.23. The van der Waals surface area contributed by atoms with Crippen LogP contribution in [0.2, 0.25) is 0 Å². The van der Waals surface area contributed by atoms with Crippen LogP contribution in [0.15, 0.2) is 24.3 Å². The lowest BCUT2D eigenvalue weighted by atomic mass is 10.0. The van der Waals surface area contributed by atoms with E-state index >= 15 is 0 Å². The van der Waals surface area contributed by atoms with Crippen LogP contribution in [-0.4, -0.2) is 49.6 Å². The Morgan fingerprint density at radius 1 is 0.900 bits per heavy atom. The fourth-order valence-electron chi connectivity index (χ4n) is 3.22. The number of aryl methyl sites for hydroxylation is 2. The van der Waals surface area contributed by atoms with E-state index in [2.05, 4.69) is 43.8 Å². The third-order valence-electron chi connectivity index (χ3n) is 5.11. The van der Waals surface area contributed by atoms with Crippen molar-refractivity contribution in [3.8, 4) is 0 Å². The van der Waals surface area contributed by atoms with E-state index in [1.54, 1.807) is 0 Å². The summed E-state index contributed by atoms with van der Waals surface area (Å²) in [7, 11) is 0. The number of carbonyl (C=O) groups is 2. The lowest BCUT2D eigenvalue weighted by Crippen LogP contribution is -2.34. The van der Waals surface area contributed by atoms with Gasteiger partial charge in [0.05, 0.1) is 6.10 Å². The van der Waals surface area contributed by atoms with Gasteiger partial charge in [-0.25, -0.2) is 0 Å². The molecule has 170 valence electrons. The summed E-state index contributed by atoms with van der Waals surface area (Å²) in [4.78, 5) is 22.2. The van der Waals surface area contributed by atoms with E-state index in [1.807, 2.05) is 0 Å². The molecule has 0 spiro atoms. The average Bonchev–Trinajstić information content (AvgIpc) is 2.72. The lowest BCUT2D eigenvalue weighted by Gasteiger charge is -2.17. The molecule has 0 saturated heterocycles. The van der Waals surface area contributed by atoms with Crippen molar-refractivity contribution in [2.75, 3.05) is 5.75 Å². The molecule has 1 aromatic rings. The molecule has 3 N–H and O–H groups in total. The van der Waals surface area contributed by atoms with Crippen LogP contribution in [0, 0.1) is 0 Å². The molecule has 0 saturated carbocycles. The molecule has 1 rings (SSSR count). The fraction of sp³-hybridized carbons (Fsp3) is 0.652. The van der Waals surface area contributed by atoms with Crippen LogP contribution >= 0.6 is 24.4 Å². The summed E-state index contributed by atoms with van der Waals surface area (Å²) in [5.74, 6) is -2.34. The van der Waals surface area contributed by atoms with E-state index in [-0.39, 0.29) is 5.75 Å². The molecular weight excluding hydrogens is 420 g/mol. The van der Waals surface area contributed by atoms with Gasteiger partial charge in [-0.15, -0.1) is 11.8 Å². The third-order valence-corrected chi connectivity index (χ3v) is 7.24. The summed E-state index contributed by atoms with van der Waals surface area (Å²) in [6.07, 6.45) is 10.7. The van der Waals surface area contributed by atoms with E-state index in [4.69, 9.17) is 10.2 Å². The minimum absolute atomic E-state index is 0.164. The molecule has 0 aliphatic rings. The van der Waals surface area contributed by atoms with Gasteiger partial charge >= 0.3 is 11.9 Å². The second kappa shape index (κ2) is 15.6. The third kappa shape index (κ3) is 11.3. The number of unbranched alkanes of at least 4 members (excludes halogenated alkanes) is 6. The number of aliphatic hydroxyl groups is 1. The van der Waals surface area contributed by atoms with Crippen molar-refractivity contribution in [2.24, 2.45) is 0 Å². The predicted molar refractivity (Wildman–Crippen MR) is 127 cm³/mol. The quantitative estimate of drug-likeness (QED) is 0.198. The van der Waals surface area contributed by atoms with Crippen LogP contribution in [0.1, 0.15) is 69.4 Å². The molecule has 0 bridgehead atoms.